The fourth-order valence-corrected chi connectivity index (χ4v) is 5.24. The van der Waals surface area contributed by atoms with Crippen LogP contribution in [0.25, 0.3) is 0 Å². The molecule has 8 heteroatoms. The van der Waals surface area contributed by atoms with Gasteiger partial charge in [0.15, 0.2) is 6.10 Å². The summed E-state index contributed by atoms with van der Waals surface area (Å²) in [5.74, 6) is 0.599. The van der Waals surface area contributed by atoms with Gasteiger partial charge in [0.25, 0.3) is 0 Å². The molecule has 162 valence electrons. The van der Waals surface area contributed by atoms with Crippen LogP contribution in [0.4, 0.5) is 4.79 Å². The highest BCUT2D eigenvalue weighted by Crippen LogP contribution is 2.49. The minimum absolute atomic E-state index is 0.0206. The van der Waals surface area contributed by atoms with Crippen LogP contribution in [0.5, 0.6) is 5.75 Å². The van der Waals surface area contributed by atoms with Gasteiger partial charge in [-0.05, 0) is 32.8 Å². The quantitative estimate of drug-likeness (QED) is 0.766. The largest absolute Gasteiger partial charge is 0.483 e. The van der Waals surface area contributed by atoms with E-state index in [0.29, 0.717) is 23.6 Å². The molecule has 2 aliphatic heterocycles. The van der Waals surface area contributed by atoms with Crippen molar-refractivity contribution in [1.29, 1.82) is 5.26 Å². The number of carbonyl (C=O) groups excluding carboxylic acids is 2. The van der Waals surface area contributed by atoms with E-state index < -0.39 is 23.8 Å². The number of hydrogen-bond donors (Lipinski definition) is 1. The van der Waals surface area contributed by atoms with Gasteiger partial charge in [0.1, 0.15) is 28.3 Å². The van der Waals surface area contributed by atoms with Gasteiger partial charge in [-0.25, -0.2) is 4.79 Å². The van der Waals surface area contributed by atoms with Crippen molar-refractivity contribution < 1.29 is 19.1 Å². The highest BCUT2D eigenvalue weighted by Gasteiger charge is 2.51. The third-order valence-corrected chi connectivity index (χ3v) is 6.85. The van der Waals surface area contributed by atoms with Crippen molar-refractivity contribution in [2.24, 2.45) is 0 Å². The zero-order valence-electron chi connectivity index (χ0n) is 17.8. The second-order valence-corrected chi connectivity index (χ2v) is 9.48. The lowest BCUT2D eigenvalue weighted by molar-refractivity contribution is -0.139. The Kier molecular flexibility index (Phi) is 5.63. The van der Waals surface area contributed by atoms with Gasteiger partial charge in [0.05, 0.1) is 10.9 Å². The van der Waals surface area contributed by atoms with Gasteiger partial charge in [-0.2, -0.15) is 5.26 Å². The lowest BCUT2D eigenvalue weighted by Gasteiger charge is -2.45. The third kappa shape index (κ3) is 4.10. The van der Waals surface area contributed by atoms with Crippen LogP contribution in [0.2, 0.25) is 0 Å². The van der Waals surface area contributed by atoms with Crippen molar-refractivity contribution in [3.63, 3.8) is 0 Å². The summed E-state index contributed by atoms with van der Waals surface area (Å²) < 4.78 is 12.1. The third-order valence-electron chi connectivity index (χ3n) is 5.76. The molecule has 7 nitrogen and oxygen atoms in total. The van der Waals surface area contributed by atoms with Crippen LogP contribution in [0.15, 0.2) is 36.4 Å². The van der Waals surface area contributed by atoms with Crippen LogP contribution in [-0.2, 0) is 9.53 Å². The lowest BCUT2D eigenvalue weighted by Crippen LogP contribution is -2.56. The molecule has 1 saturated heterocycles. The van der Waals surface area contributed by atoms with Gasteiger partial charge < -0.3 is 19.7 Å². The molecule has 31 heavy (non-hydrogen) atoms. The highest BCUT2D eigenvalue weighted by molar-refractivity contribution is 7.13. The van der Waals surface area contributed by atoms with Crippen LogP contribution in [-0.4, -0.2) is 35.2 Å². The van der Waals surface area contributed by atoms with E-state index in [2.05, 4.69) is 11.4 Å². The molecular formula is C23H25N3O4S. The minimum atomic E-state index is -0.887. The van der Waals surface area contributed by atoms with Crippen LogP contribution >= 0.6 is 11.3 Å². The molecule has 3 atom stereocenters. The normalized spacial score (nSPS) is 22.8. The molecule has 1 aromatic heterocycles. The highest BCUT2D eigenvalue weighted by atomic mass is 32.1. The average Bonchev–Trinajstić information content (AvgIpc) is 3.34. The standard InChI is InChI=1S/C23H25N3O4S/c1-14(15-8-5-4-6-9-15)25-22(28)29-21-19(26-11-7-10-18(26)27)20-17(30-23(21,2)3)12-16(13-24)31-20/h4-6,8-9,12,14,19,21H,7,10-11H2,1-3H3,(H,25,28)/t14?,19-,21+/m0/s1. The molecule has 0 saturated carbocycles. The number of hydrogen-bond acceptors (Lipinski definition) is 6. The molecule has 1 N–H and O–H groups in total. The van der Waals surface area contributed by atoms with Crippen molar-refractivity contribution >= 4 is 23.3 Å². The van der Waals surface area contributed by atoms with Gasteiger partial charge in [-0.15, -0.1) is 11.3 Å². The Bertz CT molecular complexity index is 1030. The molecule has 1 fully saturated rings. The zero-order chi connectivity index (χ0) is 22.2. The first kappa shape index (κ1) is 21.2. The second kappa shape index (κ2) is 8.23. The van der Waals surface area contributed by atoms with E-state index in [1.54, 1.807) is 11.0 Å². The first-order valence-electron chi connectivity index (χ1n) is 10.3. The Hall–Kier alpha value is -3.05. The van der Waals surface area contributed by atoms with E-state index in [1.807, 2.05) is 51.1 Å². The molecule has 1 unspecified atom stereocenters. The van der Waals surface area contributed by atoms with Crippen LogP contribution in [0.1, 0.15) is 61.0 Å². The van der Waals surface area contributed by atoms with Crippen molar-refractivity contribution in [3.8, 4) is 11.8 Å². The number of nitrogens with zero attached hydrogens (tertiary/aromatic N) is 2. The number of nitriles is 1. The smallest absolute Gasteiger partial charge is 0.408 e. The van der Waals surface area contributed by atoms with Crippen molar-refractivity contribution in [3.05, 3.63) is 51.7 Å². The van der Waals surface area contributed by atoms with Crippen molar-refractivity contribution in [1.82, 2.24) is 10.2 Å². The molecule has 0 radical (unpaired) electrons. The van der Waals surface area contributed by atoms with Crippen LogP contribution in [0.3, 0.4) is 0 Å². The number of nitrogens with one attached hydrogen (secondary N) is 1. The summed E-state index contributed by atoms with van der Waals surface area (Å²) in [4.78, 5) is 28.5. The summed E-state index contributed by atoms with van der Waals surface area (Å²) in [6.45, 7) is 6.15. The summed E-state index contributed by atoms with van der Waals surface area (Å²) in [6, 6.07) is 12.7. The van der Waals surface area contributed by atoms with Crippen LogP contribution in [0, 0.1) is 11.3 Å². The SMILES string of the molecule is CC(NC(=O)O[C@@H]1[C@@H](N2CCCC2=O)c2sc(C#N)cc2OC1(C)C)c1ccccc1. The van der Waals surface area contributed by atoms with Crippen molar-refractivity contribution in [2.45, 2.75) is 57.4 Å². The first-order chi connectivity index (χ1) is 14.8. The fraction of sp³-hybridized carbons (Fsp3) is 0.435. The van der Waals surface area contributed by atoms with Gasteiger partial charge in [-0.3, -0.25) is 4.79 Å². The number of alkyl carbamates (subject to hydrolysis) is 1. The Morgan fingerprint density at radius 3 is 2.77 bits per heavy atom. The topological polar surface area (TPSA) is 91.7 Å². The van der Waals surface area contributed by atoms with E-state index >= 15 is 0 Å². The van der Waals surface area contributed by atoms with Gasteiger partial charge in [0, 0.05) is 19.0 Å². The number of likely N-dealkylation sites (tertiary alicyclic amines) is 1. The van der Waals surface area contributed by atoms with E-state index in [0.717, 1.165) is 16.9 Å². The molecule has 0 aliphatic carbocycles. The second-order valence-electron chi connectivity index (χ2n) is 8.39. The monoisotopic (exact) mass is 439 g/mol. The van der Waals surface area contributed by atoms with Gasteiger partial charge in [-0.1, -0.05) is 30.3 Å². The molecule has 2 aromatic rings. The summed E-state index contributed by atoms with van der Waals surface area (Å²) in [5.41, 5.74) is 0.0749. The fourth-order valence-electron chi connectivity index (χ4n) is 4.21. The predicted octanol–water partition coefficient (Wildman–Crippen LogP) is 4.31. The Morgan fingerprint density at radius 2 is 2.13 bits per heavy atom. The lowest BCUT2D eigenvalue weighted by atomic mass is 9.89. The maximum absolute atomic E-state index is 12.9. The molecule has 4 rings (SSSR count). The number of benzene rings is 1. The number of ether oxygens (including phenoxy) is 2. The average molecular weight is 440 g/mol. The first-order valence-corrected chi connectivity index (χ1v) is 11.2. The predicted molar refractivity (Wildman–Crippen MR) is 116 cm³/mol. The minimum Gasteiger partial charge on any atom is -0.483 e. The molecule has 2 amide bonds. The van der Waals surface area contributed by atoms with E-state index in [-0.39, 0.29) is 11.9 Å². The Balaban J connectivity index is 1.62. The molecule has 1 aromatic carbocycles. The van der Waals surface area contributed by atoms with Gasteiger partial charge in [0.2, 0.25) is 5.91 Å². The number of thiophene rings is 1. The number of rotatable bonds is 4. The molecule has 3 heterocycles. The number of carbonyl (C=O) groups is 2. The molecule has 0 spiro atoms. The van der Waals surface area contributed by atoms with E-state index in [9.17, 15) is 14.9 Å². The molecule has 2 aliphatic rings. The summed E-state index contributed by atoms with van der Waals surface area (Å²) in [5, 5.41) is 12.2. The van der Waals surface area contributed by atoms with Gasteiger partial charge >= 0.3 is 6.09 Å². The van der Waals surface area contributed by atoms with Crippen molar-refractivity contribution in [2.75, 3.05) is 6.54 Å². The van der Waals surface area contributed by atoms with E-state index in [1.165, 1.54) is 11.3 Å². The Labute approximate surface area is 185 Å². The summed E-state index contributed by atoms with van der Waals surface area (Å²) in [6.07, 6.45) is -0.0784. The maximum atomic E-state index is 12.9. The Morgan fingerprint density at radius 1 is 1.39 bits per heavy atom. The zero-order valence-corrected chi connectivity index (χ0v) is 18.6. The molecule has 0 bridgehead atoms. The van der Waals surface area contributed by atoms with Crippen LogP contribution < -0.4 is 10.1 Å². The summed E-state index contributed by atoms with van der Waals surface area (Å²) >= 11 is 1.28. The number of amides is 2. The molecular weight excluding hydrogens is 414 g/mol. The number of fused-ring (bicyclic) bond motifs is 1. The summed E-state index contributed by atoms with van der Waals surface area (Å²) in [7, 11) is 0. The van der Waals surface area contributed by atoms with E-state index in [4.69, 9.17) is 9.47 Å². The maximum Gasteiger partial charge on any atom is 0.408 e.